The maximum atomic E-state index is 13.0. The molecule has 0 aliphatic heterocycles. The largest absolute Gasteiger partial charge is 0.307 e. The maximum Gasteiger partial charge on any atom is 0.259 e. The summed E-state index contributed by atoms with van der Waals surface area (Å²) >= 11 is 1.48. The lowest BCUT2D eigenvalue weighted by Crippen LogP contribution is -2.17. The number of anilines is 1. The first-order valence-electron chi connectivity index (χ1n) is 9.26. The number of rotatable bonds is 6. The topological polar surface area (TPSA) is 59.8 Å². The van der Waals surface area contributed by atoms with Gasteiger partial charge in [0, 0.05) is 17.2 Å². The minimum atomic E-state index is -0.206. The van der Waals surface area contributed by atoms with Gasteiger partial charge in [-0.3, -0.25) is 4.79 Å². The van der Waals surface area contributed by atoms with Crippen molar-refractivity contribution in [3.05, 3.63) is 102 Å². The van der Waals surface area contributed by atoms with Crippen LogP contribution in [0.4, 0.5) is 5.82 Å². The molecule has 0 saturated heterocycles. The van der Waals surface area contributed by atoms with E-state index in [1.807, 2.05) is 61.5 Å². The summed E-state index contributed by atoms with van der Waals surface area (Å²) in [4.78, 5) is 18.4. The number of carbonyl (C=O) groups is 1. The molecule has 0 bridgehead atoms. The van der Waals surface area contributed by atoms with Gasteiger partial charge in [-0.1, -0.05) is 59.8 Å². The summed E-state index contributed by atoms with van der Waals surface area (Å²) in [6, 6.07) is 23.5. The smallest absolute Gasteiger partial charge is 0.259 e. The summed E-state index contributed by atoms with van der Waals surface area (Å²) in [5.41, 5.74) is 2.84. The van der Waals surface area contributed by atoms with Crippen LogP contribution in [0.3, 0.4) is 0 Å². The van der Waals surface area contributed by atoms with Gasteiger partial charge in [0.05, 0.1) is 18.3 Å². The molecule has 0 atom stereocenters. The van der Waals surface area contributed by atoms with Crippen molar-refractivity contribution in [2.75, 3.05) is 5.32 Å². The molecule has 4 aromatic rings. The van der Waals surface area contributed by atoms with E-state index in [9.17, 15) is 4.79 Å². The third-order valence-corrected chi connectivity index (χ3v) is 5.41. The number of benzene rings is 2. The first kappa shape index (κ1) is 19.0. The molecule has 2 aromatic carbocycles. The molecule has 0 aliphatic carbocycles. The number of amides is 1. The van der Waals surface area contributed by atoms with Gasteiger partial charge in [0.15, 0.2) is 0 Å². The summed E-state index contributed by atoms with van der Waals surface area (Å²) in [7, 11) is 0. The molecule has 0 unspecified atom stereocenters. The first-order valence-corrected chi connectivity index (χ1v) is 10.1. The van der Waals surface area contributed by atoms with Gasteiger partial charge in [-0.05, 0) is 36.8 Å². The molecule has 1 N–H and O–H groups in total. The minimum Gasteiger partial charge on any atom is -0.307 e. The molecule has 2 aromatic heterocycles. The van der Waals surface area contributed by atoms with Crippen LogP contribution in [0.25, 0.3) is 0 Å². The lowest BCUT2D eigenvalue weighted by molar-refractivity contribution is 0.102. The van der Waals surface area contributed by atoms with Gasteiger partial charge in [0.1, 0.15) is 10.8 Å². The highest BCUT2D eigenvalue weighted by molar-refractivity contribution is 7.99. The normalized spacial score (nSPS) is 10.7. The average Bonchev–Trinajstić information content (AvgIpc) is 3.17. The predicted molar refractivity (Wildman–Crippen MR) is 115 cm³/mol. The second-order valence-corrected chi connectivity index (χ2v) is 7.65. The number of aromatic nitrogens is 3. The van der Waals surface area contributed by atoms with E-state index in [2.05, 4.69) is 15.4 Å². The number of hydrogen-bond acceptors (Lipinski definition) is 4. The molecular weight excluding hydrogens is 380 g/mol. The van der Waals surface area contributed by atoms with Crippen molar-refractivity contribution in [1.82, 2.24) is 14.8 Å². The van der Waals surface area contributed by atoms with Crippen LogP contribution in [0.2, 0.25) is 0 Å². The molecule has 6 heteroatoms. The molecule has 4 rings (SSSR count). The summed E-state index contributed by atoms with van der Waals surface area (Å²) < 4.78 is 1.77. The van der Waals surface area contributed by atoms with Crippen LogP contribution in [0.5, 0.6) is 0 Å². The van der Waals surface area contributed by atoms with Crippen LogP contribution in [-0.2, 0) is 6.54 Å². The number of hydrogen-bond donors (Lipinski definition) is 1. The Morgan fingerprint density at radius 1 is 0.966 bits per heavy atom. The number of nitrogens with zero attached hydrogens (tertiary/aromatic N) is 3. The van der Waals surface area contributed by atoms with Crippen LogP contribution in [0, 0.1) is 6.92 Å². The zero-order valence-electron chi connectivity index (χ0n) is 15.9. The molecule has 0 spiro atoms. The molecular formula is C23H20N4OS. The lowest BCUT2D eigenvalue weighted by atomic mass is 10.2. The van der Waals surface area contributed by atoms with E-state index in [0.29, 0.717) is 23.0 Å². The van der Waals surface area contributed by atoms with Crippen molar-refractivity contribution in [3.8, 4) is 0 Å². The van der Waals surface area contributed by atoms with E-state index in [1.54, 1.807) is 35.3 Å². The van der Waals surface area contributed by atoms with Gasteiger partial charge in [0.2, 0.25) is 0 Å². The average molecular weight is 401 g/mol. The number of carbonyl (C=O) groups excluding carboxylic acids is 1. The summed E-state index contributed by atoms with van der Waals surface area (Å²) in [6.07, 6.45) is 3.39. The van der Waals surface area contributed by atoms with E-state index in [1.165, 1.54) is 17.3 Å². The molecule has 0 aliphatic rings. The number of aryl methyl sites for hydroxylation is 1. The van der Waals surface area contributed by atoms with E-state index in [4.69, 9.17) is 0 Å². The molecule has 0 fully saturated rings. The Morgan fingerprint density at radius 3 is 2.55 bits per heavy atom. The van der Waals surface area contributed by atoms with Crippen LogP contribution in [-0.4, -0.2) is 20.7 Å². The molecule has 144 valence electrons. The number of nitrogens with one attached hydrogen (secondary N) is 1. The van der Waals surface area contributed by atoms with Gasteiger partial charge in [-0.15, -0.1) is 0 Å². The third-order valence-electron chi connectivity index (χ3n) is 4.38. The second-order valence-electron chi connectivity index (χ2n) is 6.59. The Bertz CT molecular complexity index is 1110. The van der Waals surface area contributed by atoms with Crippen LogP contribution in [0.15, 0.2) is 95.1 Å². The van der Waals surface area contributed by atoms with E-state index in [-0.39, 0.29) is 5.91 Å². The van der Waals surface area contributed by atoms with E-state index in [0.717, 1.165) is 10.5 Å². The zero-order chi connectivity index (χ0) is 20.1. The summed E-state index contributed by atoms with van der Waals surface area (Å²) in [5, 5.41) is 7.98. The Kier molecular flexibility index (Phi) is 5.72. The standard InChI is InChI=1S/C23H20N4OS/c1-17-9-11-19(12-10-17)29-23-20(8-5-14-24-23)22(28)26-21-13-15-25-27(21)16-18-6-3-2-4-7-18/h2-15H,16H2,1H3,(H,26,28). The quantitative estimate of drug-likeness (QED) is 0.493. The molecule has 0 radical (unpaired) electrons. The fourth-order valence-corrected chi connectivity index (χ4v) is 3.75. The highest BCUT2D eigenvalue weighted by atomic mass is 32.2. The van der Waals surface area contributed by atoms with Crippen molar-refractivity contribution in [2.45, 2.75) is 23.4 Å². The Labute approximate surface area is 173 Å². The fraction of sp³-hybridized carbons (Fsp3) is 0.0870. The molecule has 1 amide bonds. The van der Waals surface area contributed by atoms with Crippen molar-refractivity contribution in [1.29, 1.82) is 0 Å². The van der Waals surface area contributed by atoms with Crippen molar-refractivity contribution < 1.29 is 4.79 Å². The Hall–Kier alpha value is -3.38. The maximum absolute atomic E-state index is 13.0. The van der Waals surface area contributed by atoms with Gasteiger partial charge in [-0.2, -0.15) is 5.10 Å². The van der Waals surface area contributed by atoms with Gasteiger partial charge in [-0.25, -0.2) is 9.67 Å². The van der Waals surface area contributed by atoms with E-state index >= 15 is 0 Å². The van der Waals surface area contributed by atoms with Crippen LogP contribution in [0.1, 0.15) is 21.5 Å². The lowest BCUT2D eigenvalue weighted by Gasteiger charge is -2.11. The van der Waals surface area contributed by atoms with Gasteiger partial charge < -0.3 is 5.32 Å². The monoisotopic (exact) mass is 400 g/mol. The molecule has 2 heterocycles. The minimum absolute atomic E-state index is 0.206. The van der Waals surface area contributed by atoms with Crippen molar-refractivity contribution in [2.24, 2.45) is 0 Å². The second kappa shape index (κ2) is 8.75. The van der Waals surface area contributed by atoms with Gasteiger partial charge >= 0.3 is 0 Å². The SMILES string of the molecule is Cc1ccc(Sc2ncccc2C(=O)Nc2ccnn2Cc2ccccc2)cc1. The van der Waals surface area contributed by atoms with E-state index < -0.39 is 0 Å². The highest BCUT2D eigenvalue weighted by Gasteiger charge is 2.15. The molecule has 5 nitrogen and oxygen atoms in total. The highest BCUT2D eigenvalue weighted by Crippen LogP contribution is 2.29. The zero-order valence-corrected chi connectivity index (χ0v) is 16.8. The Morgan fingerprint density at radius 2 is 1.76 bits per heavy atom. The number of pyridine rings is 1. The third kappa shape index (κ3) is 4.73. The molecule has 0 saturated carbocycles. The van der Waals surface area contributed by atoms with Crippen molar-refractivity contribution in [3.63, 3.8) is 0 Å². The Balaban J connectivity index is 1.53. The first-order chi connectivity index (χ1) is 14.2. The van der Waals surface area contributed by atoms with Crippen LogP contribution >= 0.6 is 11.8 Å². The van der Waals surface area contributed by atoms with Crippen molar-refractivity contribution >= 4 is 23.5 Å². The fourth-order valence-electron chi connectivity index (χ4n) is 2.87. The molecule has 29 heavy (non-hydrogen) atoms. The predicted octanol–water partition coefficient (Wildman–Crippen LogP) is 5.04. The van der Waals surface area contributed by atoms with Gasteiger partial charge in [0.25, 0.3) is 5.91 Å². The summed E-state index contributed by atoms with van der Waals surface area (Å²) in [6.45, 7) is 2.63. The van der Waals surface area contributed by atoms with Crippen LogP contribution < -0.4 is 5.32 Å². The summed E-state index contributed by atoms with van der Waals surface area (Å²) in [5.74, 6) is 0.441.